The average molecular weight is 266 g/mol. The van der Waals surface area contributed by atoms with E-state index in [1.165, 1.54) is 0 Å². The summed E-state index contributed by atoms with van der Waals surface area (Å²) < 4.78 is 25.9. The van der Waals surface area contributed by atoms with Crippen molar-refractivity contribution in [2.75, 3.05) is 14.2 Å². The van der Waals surface area contributed by atoms with Crippen LogP contribution in [0.5, 0.6) is 0 Å². The van der Waals surface area contributed by atoms with Gasteiger partial charge in [-0.25, -0.2) is 15.2 Å². The number of hydrogen-bond donors (Lipinski definition) is 1. The zero-order chi connectivity index (χ0) is 13.1. The third-order valence-electron chi connectivity index (χ3n) is 2.38. The van der Waals surface area contributed by atoms with Crippen LogP contribution in [0.15, 0.2) is 0 Å². The molecule has 9 heteroatoms. The number of hydrazine groups is 1. The fourth-order valence-electron chi connectivity index (χ4n) is 1.43. The topological polar surface area (TPSA) is 108 Å². The molecule has 0 bridgehead atoms. The Bertz CT molecular complexity index is 352. The Balaban J connectivity index is 2.58. The molecule has 1 fully saturated rings. The molecule has 1 aliphatic carbocycles. The zero-order valence-electron chi connectivity index (χ0n) is 9.62. The minimum absolute atomic E-state index is 0.0213. The van der Waals surface area contributed by atoms with Crippen molar-refractivity contribution in [2.45, 2.75) is 25.4 Å². The van der Waals surface area contributed by atoms with E-state index in [1.54, 1.807) is 0 Å². The summed E-state index contributed by atoms with van der Waals surface area (Å²) in [5.41, 5.74) is 0. The molecule has 0 aromatic carbocycles. The molecule has 0 saturated heterocycles. The normalized spacial score (nSPS) is 20.4. The van der Waals surface area contributed by atoms with Crippen molar-refractivity contribution in [3.05, 3.63) is 0 Å². The predicted molar refractivity (Wildman–Crippen MR) is 56.8 cm³/mol. The van der Waals surface area contributed by atoms with Gasteiger partial charge in [0.1, 0.15) is 11.9 Å². The highest BCUT2D eigenvalue weighted by atomic mass is 31.2. The third kappa shape index (κ3) is 3.26. The quantitative estimate of drug-likeness (QED) is 0.347. The molecule has 2 N–H and O–H groups in total. The van der Waals surface area contributed by atoms with Crippen LogP contribution < -0.4 is 5.84 Å². The molecule has 0 radical (unpaired) electrons. The summed E-state index contributed by atoms with van der Waals surface area (Å²) in [6.07, 6.45) is -0.596. The van der Waals surface area contributed by atoms with Crippen molar-refractivity contribution in [3.8, 4) is 0 Å². The third-order valence-corrected chi connectivity index (χ3v) is 3.99. The van der Waals surface area contributed by atoms with Crippen LogP contribution in [-0.4, -0.2) is 37.0 Å². The summed E-state index contributed by atoms with van der Waals surface area (Å²) in [6, 6.07) is 0. The lowest BCUT2D eigenvalue weighted by Gasteiger charge is -2.23. The van der Waals surface area contributed by atoms with Crippen LogP contribution >= 0.6 is 7.75 Å². The number of nitrogens with two attached hydrogens (primary N) is 1. The highest BCUT2D eigenvalue weighted by Gasteiger charge is 2.37. The number of nitrogens with zero attached hydrogens (tertiary/aromatic N) is 1. The first-order valence-electron chi connectivity index (χ1n) is 4.92. The molecular weight excluding hydrogens is 251 g/mol. The fourth-order valence-corrected chi connectivity index (χ4v) is 2.18. The Labute approximate surface area is 98.5 Å². The minimum Gasteiger partial charge on any atom is -0.444 e. The van der Waals surface area contributed by atoms with Gasteiger partial charge in [0, 0.05) is 27.1 Å². The van der Waals surface area contributed by atoms with E-state index in [0.29, 0.717) is 12.8 Å². The molecule has 8 nitrogen and oxygen atoms in total. The van der Waals surface area contributed by atoms with E-state index in [1.807, 2.05) is 0 Å². The van der Waals surface area contributed by atoms with Crippen LogP contribution in [-0.2, 0) is 23.1 Å². The standard InChI is InChI=1S/C8H15N2O6P/c1-14-17(13,15-2)10(9)8(12)16-7-4-3-6(11)5-7/h7H,3-5,9H2,1-2H3. The molecule has 1 rings (SSSR count). The van der Waals surface area contributed by atoms with Crippen molar-refractivity contribution in [2.24, 2.45) is 5.84 Å². The van der Waals surface area contributed by atoms with Crippen molar-refractivity contribution < 1.29 is 27.9 Å². The number of rotatable bonds is 4. The maximum atomic E-state index is 11.7. The molecule has 0 heterocycles. The molecule has 0 spiro atoms. The second-order valence-electron chi connectivity index (χ2n) is 3.47. The largest absolute Gasteiger partial charge is 0.453 e. The van der Waals surface area contributed by atoms with E-state index in [2.05, 4.69) is 9.05 Å². The molecule has 1 saturated carbocycles. The maximum absolute atomic E-state index is 11.7. The SMILES string of the molecule is COP(=O)(OC)N(N)C(=O)OC1CCC(=O)C1. The lowest BCUT2D eigenvalue weighted by Crippen LogP contribution is -2.37. The molecular formula is C8H15N2O6P. The van der Waals surface area contributed by atoms with Gasteiger partial charge in [-0.05, 0) is 6.42 Å². The van der Waals surface area contributed by atoms with Crippen molar-refractivity contribution in [1.82, 2.24) is 4.78 Å². The van der Waals surface area contributed by atoms with Crippen molar-refractivity contribution in [3.63, 3.8) is 0 Å². The van der Waals surface area contributed by atoms with E-state index in [0.717, 1.165) is 14.2 Å². The molecule has 0 aromatic rings. The van der Waals surface area contributed by atoms with Crippen LogP contribution in [0.3, 0.4) is 0 Å². The van der Waals surface area contributed by atoms with Gasteiger partial charge in [-0.15, -0.1) is 4.78 Å². The van der Waals surface area contributed by atoms with Gasteiger partial charge in [-0.1, -0.05) is 0 Å². The summed E-state index contributed by atoms with van der Waals surface area (Å²) in [7, 11) is -1.66. The second kappa shape index (κ2) is 5.59. The molecule has 0 aliphatic heterocycles. The first-order valence-corrected chi connectivity index (χ1v) is 6.41. The smallest absolute Gasteiger partial charge is 0.444 e. The van der Waals surface area contributed by atoms with Crippen LogP contribution in [0, 0.1) is 0 Å². The minimum atomic E-state index is -3.85. The van der Waals surface area contributed by atoms with Crippen molar-refractivity contribution >= 4 is 19.6 Å². The van der Waals surface area contributed by atoms with Gasteiger partial charge in [0.15, 0.2) is 0 Å². The van der Waals surface area contributed by atoms with E-state index in [9.17, 15) is 14.2 Å². The number of ether oxygens (including phenoxy) is 1. The Kier molecular flexibility index (Phi) is 4.64. The Morgan fingerprint density at radius 3 is 2.47 bits per heavy atom. The molecule has 98 valence electrons. The van der Waals surface area contributed by atoms with E-state index >= 15 is 0 Å². The zero-order valence-corrected chi connectivity index (χ0v) is 10.5. The summed E-state index contributed by atoms with van der Waals surface area (Å²) in [4.78, 5) is 22.5. The van der Waals surface area contributed by atoms with Gasteiger partial charge in [0.05, 0.1) is 0 Å². The summed E-state index contributed by atoms with van der Waals surface area (Å²) in [5, 5.41) is 0. The summed E-state index contributed by atoms with van der Waals surface area (Å²) in [6.45, 7) is 0. The van der Waals surface area contributed by atoms with Gasteiger partial charge >= 0.3 is 13.8 Å². The number of amides is 1. The van der Waals surface area contributed by atoms with Crippen LogP contribution in [0.1, 0.15) is 19.3 Å². The summed E-state index contributed by atoms with van der Waals surface area (Å²) >= 11 is 0. The van der Waals surface area contributed by atoms with Crippen LogP contribution in [0.4, 0.5) is 4.79 Å². The fraction of sp³-hybridized carbons (Fsp3) is 0.750. The highest BCUT2D eigenvalue weighted by molar-refractivity contribution is 7.51. The Morgan fingerprint density at radius 2 is 2.06 bits per heavy atom. The average Bonchev–Trinajstić information content (AvgIpc) is 2.72. The van der Waals surface area contributed by atoms with Gasteiger partial charge in [-0.3, -0.25) is 13.8 Å². The van der Waals surface area contributed by atoms with Gasteiger partial charge < -0.3 is 4.74 Å². The molecule has 1 unspecified atom stereocenters. The second-order valence-corrected chi connectivity index (χ2v) is 5.56. The van der Waals surface area contributed by atoms with Crippen LogP contribution in [0.2, 0.25) is 0 Å². The van der Waals surface area contributed by atoms with Gasteiger partial charge in [0.25, 0.3) is 0 Å². The molecule has 1 aliphatic rings. The van der Waals surface area contributed by atoms with Crippen LogP contribution in [0.25, 0.3) is 0 Å². The number of carbonyl (C=O) groups is 2. The first kappa shape index (κ1) is 14.1. The monoisotopic (exact) mass is 266 g/mol. The van der Waals surface area contributed by atoms with E-state index in [4.69, 9.17) is 10.6 Å². The lowest BCUT2D eigenvalue weighted by molar-refractivity contribution is -0.117. The van der Waals surface area contributed by atoms with Gasteiger partial charge in [0.2, 0.25) is 0 Å². The predicted octanol–water partition coefficient (Wildman–Crippen LogP) is 0.821. The lowest BCUT2D eigenvalue weighted by atomic mass is 10.3. The van der Waals surface area contributed by atoms with Crippen molar-refractivity contribution in [1.29, 1.82) is 0 Å². The Morgan fingerprint density at radius 1 is 1.47 bits per heavy atom. The molecule has 1 amide bonds. The van der Waals surface area contributed by atoms with E-state index < -0.39 is 19.9 Å². The molecule has 17 heavy (non-hydrogen) atoms. The first-order chi connectivity index (χ1) is 7.92. The number of hydrogen-bond acceptors (Lipinski definition) is 7. The maximum Gasteiger partial charge on any atom is 0.453 e. The highest BCUT2D eigenvalue weighted by Crippen LogP contribution is 2.48. The molecule has 0 aromatic heterocycles. The number of ketones is 1. The summed E-state index contributed by atoms with van der Waals surface area (Å²) in [5.74, 6) is 5.31. The number of carbonyl (C=O) groups excluding carboxylic acids is 2. The molecule has 1 atom stereocenters. The Hall–Kier alpha value is -0.950. The number of Topliss-reactive ketones (excluding diaryl/α,β-unsaturated/α-hetero) is 1. The van der Waals surface area contributed by atoms with Gasteiger partial charge in [-0.2, -0.15) is 0 Å². The van der Waals surface area contributed by atoms with E-state index in [-0.39, 0.29) is 17.0 Å².